The maximum atomic E-state index is 13.8. The molecule has 2 aromatic carbocycles. The lowest BCUT2D eigenvalue weighted by Crippen LogP contribution is -2.15. The van der Waals surface area contributed by atoms with Crippen molar-refractivity contribution in [1.82, 2.24) is 30.2 Å². The molecule has 0 aliphatic carbocycles. The van der Waals surface area contributed by atoms with Gasteiger partial charge in [0, 0.05) is 22.7 Å². The standard InChI is InChI=1S/C19H11Cl2F3N6/c20-14-7-4-8-15(21)12(14)9-16-25-10-13(17(26-16)19(22,23)24)18-27-28-29-30(18)11-5-2-1-3-6-11/h1-8,10H,9H2. The minimum Gasteiger partial charge on any atom is -0.240 e. The van der Waals surface area contributed by atoms with E-state index in [1.165, 1.54) is 4.68 Å². The summed E-state index contributed by atoms with van der Waals surface area (Å²) in [5.74, 6) is -0.212. The molecule has 0 spiro atoms. The summed E-state index contributed by atoms with van der Waals surface area (Å²) in [5, 5.41) is 11.7. The van der Waals surface area contributed by atoms with E-state index >= 15 is 0 Å². The molecule has 0 N–H and O–H groups in total. The van der Waals surface area contributed by atoms with Crippen molar-refractivity contribution in [2.75, 3.05) is 0 Å². The molecule has 0 saturated carbocycles. The van der Waals surface area contributed by atoms with Crippen LogP contribution in [0, 0.1) is 0 Å². The number of hydrogen-bond donors (Lipinski definition) is 0. The second-order valence-electron chi connectivity index (χ2n) is 6.17. The van der Waals surface area contributed by atoms with E-state index in [0.29, 0.717) is 21.3 Å². The highest BCUT2D eigenvalue weighted by Gasteiger charge is 2.38. The van der Waals surface area contributed by atoms with Crippen LogP contribution in [0.4, 0.5) is 13.2 Å². The predicted octanol–water partition coefficient (Wildman–Crippen LogP) is 5.04. The SMILES string of the molecule is FC(F)(F)c1nc(Cc2c(Cl)cccc2Cl)ncc1-c1nnnn1-c1ccccc1. The van der Waals surface area contributed by atoms with Crippen molar-refractivity contribution >= 4 is 23.2 Å². The average Bonchev–Trinajstić information content (AvgIpc) is 3.20. The molecule has 0 aliphatic rings. The van der Waals surface area contributed by atoms with Crippen LogP contribution in [0.2, 0.25) is 10.0 Å². The molecule has 2 aromatic heterocycles. The van der Waals surface area contributed by atoms with Crippen molar-refractivity contribution < 1.29 is 13.2 Å². The number of halogens is 5. The Bertz CT molecular complexity index is 1170. The van der Waals surface area contributed by atoms with Gasteiger partial charge in [-0.05, 0) is 40.3 Å². The van der Waals surface area contributed by atoms with Crippen LogP contribution in [0.1, 0.15) is 17.1 Å². The molecule has 4 rings (SSSR count). The molecule has 0 atom stereocenters. The quantitative estimate of drug-likeness (QED) is 0.435. The Morgan fingerprint density at radius 1 is 0.933 bits per heavy atom. The molecule has 30 heavy (non-hydrogen) atoms. The minimum absolute atomic E-state index is 0.0640. The average molecular weight is 451 g/mol. The number of para-hydroxylation sites is 1. The van der Waals surface area contributed by atoms with Crippen LogP contribution in [-0.2, 0) is 12.6 Å². The van der Waals surface area contributed by atoms with Crippen LogP contribution in [0.15, 0.2) is 54.7 Å². The highest BCUT2D eigenvalue weighted by molar-refractivity contribution is 6.36. The van der Waals surface area contributed by atoms with Crippen LogP contribution in [-0.4, -0.2) is 30.2 Å². The summed E-state index contributed by atoms with van der Waals surface area (Å²) in [5.41, 5.74) is -0.554. The largest absolute Gasteiger partial charge is 0.434 e. The van der Waals surface area contributed by atoms with Gasteiger partial charge in [-0.25, -0.2) is 9.97 Å². The van der Waals surface area contributed by atoms with Crippen LogP contribution >= 0.6 is 23.2 Å². The van der Waals surface area contributed by atoms with Crippen molar-refractivity contribution in [3.05, 3.63) is 81.9 Å². The van der Waals surface area contributed by atoms with Crippen LogP contribution in [0.25, 0.3) is 17.1 Å². The van der Waals surface area contributed by atoms with Gasteiger partial charge in [0.2, 0.25) is 0 Å². The fraction of sp³-hybridized carbons (Fsp3) is 0.105. The first-order chi connectivity index (χ1) is 14.3. The number of benzene rings is 2. The number of aromatic nitrogens is 6. The van der Waals surface area contributed by atoms with Crippen molar-refractivity contribution in [1.29, 1.82) is 0 Å². The normalized spacial score (nSPS) is 11.6. The molecule has 2 heterocycles. The number of tetrazole rings is 1. The molecular weight excluding hydrogens is 440 g/mol. The highest BCUT2D eigenvalue weighted by Crippen LogP contribution is 2.35. The molecule has 0 unspecified atom stereocenters. The van der Waals surface area contributed by atoms with Crippen molar-refractivity contribution in [2.45, 2.75) is 12.6 Å². The van der Waals surface area contributed by atoms with Crippen molar-refractivity contribution in [2.24, 2.45) is 0 Å². The van der Waals surface area contributed by atoms with Gasteiger partial charge in [0.15, 0.2) is 11.5 Å². The van der Waals surface area contributed by atoms with Crippen molar-refractivity contribution in [3.8, 4) is 17.1 Å². The summed E-state index contributed by atoms with van der Waals surface area (Å²) in [6.07, 6.45) is -3.77. The fourth-order valence-corrected chi connectivity index (χ4v) is 3.37. The predicted molar refractivity (Wildman–Crippen MR) is 104 cm³/mol. The van der Waals surface area contributed by atoms with Gasteiger partial charge in [-0.15, -0.1) is 5.10 Å². The number of alkyl halides is 3. The third-order valence-corrected chi connectivity index (χ3v) is 4.92. The monoisotopic (exact) mass is 450 g/mol. The minimum atomic E-state index is -4.76. The van der Waals surface area contributed by atoms with Gasteiger partial charge in [-0.1, -0.05) is 47.5 Å². The van der Waals surface area contributed by atoms with Gasteiger partial charge in [0.1, 0.15) is 5.82 Å². The number of rotatable bonds is 4. The maximum absolute atomic E-state index is 13.8. The van der Waals surface area contributed by atoms with E-state index < -0.39 is 11.9 Å². The first kappa shape index (κ1) is 20.2. The third kappa shape index (κ3) is 3.99. The molecule has 152 valence electrons. The molecule has 0 radical (unpaired) electrons. The van der Waals surface area contributed by atoms with E-state index in [1.54, 1.807) is 48.5 Å². The molecular formula is C19H11Cl2F3N6. The van der Waals surface area contributed by atoms with E-state index in [0.717, 1.165) is 6.20 Å². The lowest BCUT2D eigenvalue weighted by molar-refractivity contribution is -0.140. The second kappa shape index (κ2) is 8.00. The van der Waals surface area contributed by atoms with Crippen LogP contribution < -0.4 is 0 Å². The molecule has 6 nitrogen and oxygen atoms in total. The summed E-state index contributed by atoms with van der Waals surface area (Å²) < 4.78 is 42.7. The van der Waals surface area contributed by atoms with Crippen LogP contribution in [0.3, 0.4) is 0 Å². The molecule has 4 aromatic rings. The van der Waals surface area contributed by atoms with Gasteiger partial charge in [-0.3, -0.25) is 0 Å². The van der Waals surface area contributed by atoms with Gasteiger partial charge < -0.3 is 0 Å². The van der Waals surface area contributed by atoms with E-state index in [4.69, 9.17) is 23.2 Å². The summed E-state index contributed by atoms with van der Waals surface area (Å²) in [6.45, 7) is 0. The van der Waals surface area contributed by atoms with E-state index in [9.17, 15) is 13.2 Å². The molecule has 0 aliphatic heterocycles. The zero-order valence-electron chi connectivity index (χ0n) is 15.0. The van der Waals surface area contributed by atoms with Gasteiger partial charge in [0.25, 0.3) is 0 Å². The Balaban J connectivity index is 1.81. The number of nitrogens with zero attached hydrogens (tertiary/aromatic N) is 6. The fourth-order valence-electron chi connectivity index (χ4n) is 2.84. The summed E-state index contributed by atoms with van der Waals surface area (Å²) in [6, 6.07) is 13.4. The highest BCUT2D eigenvalue weighted by atomic mass is 35.5. The Kier molecular flexibility index (Phi) is 5.40. The van der Waals surface area contributed by atoms with Gasteiger partial charge >= 0.3 is 6.18 Å². The molecule has 0 saturated heterocycles. The van der Waals surface area contributed by atoms with Gasteiger partial charge in [-0.2, -0.15) is 17.9 Å². The van der Waals surface area contributed by atoms with E-state index in [2.05, 4.69) is 25.5 Å². The van der Waals surface area contributed by atoms with E-state index in [1.807, 2.05) is 0 Å². The lowest BCUT2D eigenvalue weighted by atomic mass is 10.1. The molecule has 0 amide bonds. The third-order valence-electron chi connectivity index (χ3n) is 4.21. The number of hydrogen-bond acceptors (Lipinski definition) is 5. The van der Waals surface area contributed by atoms with Gasteiger partial charge in [0.05, 0.1) is 11.3 Å². The summed E-state index contributed by atoms with van der Waals surface area (Å²) in [7, 11) is 0. The Labute approximate surface area is 178 Å². The Morgan fingerprint density at radius 2 is 1.63 bits per heavy atom. The summed E-state index contributed by atoms with van der Waals surface area (Å²) >= 11 is 12.2. The topological polar surface area (TPSA) is 69.4 Å². The molecule has 0 bridgehead atoms. The lowest BCUT2D eigenvalue weighted by Gasteiger charge is -2.13. The second-order valence-corrected chi connectivity index (χ2v) is 6.99. The van der Waals surface area contributed by atoms with Crippen molar-refractivity contribution in [3.63, 3.8) is 0 Å². The zero-order chi connectivity index (χ0) is 21.3. The summed E-state index contributed by atoms with van der Waals surface area (Å²) in [4.78, 5) is 7.83. The first-order valence-corrected chi connectivity index (χ1v) is 9.30. The van der Waals surface area contributed by atoms with E-state index in [-0.39, 0.29) is 23.6 Å². The molecule has 11 heteroatoms. The Hall–Kier alpha value is -3.04. The van der Waals surface area contributed by atoms with Crippen LogP contribution in [0.5, 0.6) is 0 Å². The smallest absolute Gasteiger partial charge is 0.240 e. The molecule has 0 fully saturated rings. The Morgan fingerprint density at radius 3 is 2.30 bits per heavy atom. The maximum Gasteiger partial charge on any atom is 0.434 e. The first-order valence-electron chi connectivity index (χ1n) is 8.55. The zero-order valence-corrected chi connectivity index (χ0v) is 16.5.